The van der Waals surface area contributed by atoms with Crippen molar-refractivity contribution in [2.45, 2.75) is 13.8 Å². The number of carbonyl (C=O) groups excluding carboxylic acids is 2. The molecule has 4 aromatic rings. The summed E-state index contributed by atoms with van der Waals surface area (Å²) >= 11 is 6.31. The van der Waals surface area contributed by atoms with Crippen LogP contribution >= 0.6 is 11.6 Å². The van der Waals surface area contributed by atoms with Gasteiger partial charge in [-0.1, -0.05) is 65.3 Å². The van der Waals surface area contributed by atoms with Crippen LogP contribution in [0.15, 0.2) is 77.3 Å². The summed E-state index contributed by atoms with van der Waals surface area (Å²) in [5, 5.41) is 10.3. The molecule has 0 saturated carbocycles. The summed E-state index contributed by atoms with van der Waals surface area (Å²) in [5.74, 6) is -0.326. The molecular weight excluding hydrogens is 426 g/mol. The highest BCUT2D eigenvalue weighted by atomic mass is 35.5. The van der Waals surface area contributed by atoms with Crippen molar-refractivity contribution in [3.8, 4) is 11.3 Å². The maximum atomic E-state index is 13.3. The summed E-state index contributed by atoms with van der Waals surface area (Å²) in [6.45, 7) is 3.52. The smallest absolute Gasteiger partial charge is 0.261 e. The van der Waals surface area contributed by atoms with Gasteiger partial charge >= 0.3 is 0 Å². The number of benzene rings is 3. The first kappa shape index (κ1) is 21.3. The predicted molar refractivity (Wildman–Crippen MR) is 125 cm³/mol. The standard InChI is InChI=1S/C25H20ClN3O3/c1-15-9-8-14-20(22(15)28-24(30)17-10-4-3-5-11-17)27-25(31)21-16(2)32-29-23(21)18-12-6-7-13-19(18)26/h3-14H,1-2H3,(H,27,31)(H,28,30). The van der Waals surface area contributed by atoms with E-state index < -0.39 is 5.91 Å². The van der Waals surface area contributed by atoms with Crippen LogP contribution in [0, 0.1) is 13.8 Å². The zero-order chi connectivity index (χ0) is 22.7. The monoisotopic (exact) mass is 445 g/mol. The number of nitrogens with zero attached hydrogens (tertiary/aromatic N) is 1. The molecule has 0 radical (unpaired) electrons. The van der Waals surface area contributed by atoms with Gasteiger partial charge in [0.2, 0.25) is 0 Å². The Morgan fingerprint density at radius 1 is 0.844 bits per heavy atom. The summed E-state index contributed by atoms with van der Waals surface area (Å²) in [4.78, 5) is 26.0. The van der Waals surface area contributed by atoms with Crippen LogP contribution in [0.5, 0.6) is 0 Å². The third kappa shape index (κ3) is 4.26. The molecule has 0 aliphatic carbocycles. The highest BCUT2D eigenvalue weighted by Gasteiger charge is 2.24. The average molecular weight is 446 g/mol. The molecule has 2 amide bonds. The normalized spacial score (nSPS) is 10.6. The van der Waals surface area contributed by atoms with Gasteiger partial charge in [-0.05, 0) is 43.7 Å². The fourth-order valence-electron chi connectivity index (χ4n) is 3.37. The Hall–Kier alpha value is -3.90. The minimum absolute atomic E-state index is 0.270. The highest BCUT2D eigenvalue weighted by molar-refractivity contribution is 6.33. The molecule has 0 atom stereocenters. The highest BCUT2D eigenvalue weighted by Crippen LogP contribution is 2.33. The summed E-state index contributed by atoms with van der Waals surface area (Å²) in [5.41, 5.74) is 3.53. The second-order valence-corrected chi connectivity index (χ2v) is 7.62. The largest absolute Gasteiger partial charge is 0.360 e. The van der Waals surface area contributed by atoms with E-state index in [2.05, 4.69) is 15.8 Å². The third-order valence-electron chi connectivity index (χ3n) is 5.01. The molecule has 2 N–H and O–H groups in total. The van der Waals surface area contributed by atoms with Crippen LogP contribution in [0.4, 0.5) is 11.4 Å². The Kier molecular flexibility index (Phi) is 6.05. The summed E-state index contributed by atoms with van der Waals surface area (Å²) in [6, 6.07) is 21.4. The molecule has 0 unspecified atom stereocenters. The van der Waals surface area contributed by atoms with E-state index in [0.29, 0.717) is 39.0 Å². The first-order valence-corrected chi connectivity index (χ1v) is 10.3. The lowest BCUT2D eigenvalue weighted by molar-refractivity contribution is 0.101. The van der Waals surface area contributed by atoms with Crippen LogP contribution in [0.25, 0.3) is 11.3 Å². The summed E-state index contributed by atoms with van der Waals surface area (Å²) in [6.07, 6.45) is 0. The molecule has 0 spiro atoms. The second kappa shape index (κ2) is 9.08. The van der Waals surface area contributed by atoms with Gasteiger partial charge in [0.25, 0.3) is 11.8 Å². The number of anilines is 2. The minimum atomic E-state index is -0.417. The molecular formula is C25H20ClN3O3. The first-order valence-electron chi connectivity index (χ1n) is 9.94. The van der Waals surface area contributed by atoms with E-state index in [-0.39, 0.29) is 11.5 Å². The number of para-hydroxylation sites is 1. The van der Waals surface area contributed by atoms with Crippen molar-refractivity contribution in [2.75, 3.05) is 10.6 Å². The molecule has 1 aromatic heterocycles. The lowest BCUT2D eigenvalue weighted by Gasteiger charge is -2.15. The van der Waals surface area contributed by atoms with Gasteiger partial charge < -0.3 is 15.2 Å². The van der Waals surface area contributed by atoms with E-state index in [1.54, 1.807) is 61.5 Å². The lowest BCUT2D eigenvalue weighted by atomic mass is 10.0. The predicted octanol–water partition coefficient (Wildman–Crippen LogP) is 6.12. The Morgan fingerprint density at radius 2 is 1.56 bits per heavy atom. The molecule has 0 aliphatic rings. The number of halogens is 1. The Bertz CT molecular complexity index is 1300. The van der Waals surface area contributed by atoms with Crippen molar-refractivity contribution < 1.29 is 14.1 Å². The molecule has 6 nitrogen and oxygen atoms in total. The van der Waals surface area contributed by atoms with Crippen LogP contribution in [0.2, 0.25) is 5.02 Å². The number of aryl methyl sites for hydroxylation is 2. The van der Waals surface area contributed by atoms with Gasteiger partial charge in [0, 0.05) is 11.1 Å². The van der Waals surface area contributed by atoms with Crippen LogP contribution in [0.1, 0.15) is 32.0 Å². The van der Waals surface area contributed by atoms with Crippen LogP contribution in [-0.4, -0.2) is 17.0 Å². The van der Waals surface area contributed by atoms with Gasteiger partial charge in [-0.3, -0.25) is 9.59 Å². The van der Waals surface area contributed by atoms with Gasteiger partial charge in [0.05, 0.1) is 16.4 Å². The maximum Gasteiger partial charge on any atom is 0.261 e. The van der Waals surface area contributed by atoms with Crippen molar-refractivity contribution in [2.24, 2.45) is 0 Å². The van der Waals surface area contributed by atoms with Crippen LogP contribution in [0.3, 0.4) is 0 Å². The Balaban J connectivity index is 1.66. The van der Waals surface area contributed by atoms with Crippen LogP contribution < -0.4 is 10.6 Å². The summed E-state index contributed by atoms with van der Waals surface area (Å²) < 4.78 is 5.30. The van der Waals surface area contributed by atoms with Gasteiger partial charge in [0.1, 0.15) is 17.0 Å². The number of hydrogen-bond acceptors (Lipinski definition) is 4. The van der Waals surface area contributed by atoms with Gasteiger partial charge in [-0.2, -0.15) is 0 Å². The van der Waals surface area contributed by atoms with E-state index in [0.717, 1.165) is 5.56 Å². The van der Waals surface area contributed by atoms with E-state index in [1.165, 1.54) is 0 Å². The van der Waals surface area contributed by atoms with Crippen molar-refractivity contribution in [3.63, 3.8) is 0 Å². The molecule has 3 aromatic carbocycles. The van der Waals surface area contributed by atoms with Crippen LogP contribution in [-0.2, 0) is 0 Å². The molecule has 32 heavy (non-hydrogen) atoms. The molecule has 160 valence electrons. The van der Waals surface area contributed by atoms with E-state index in [1.807, 2.05) is 25.1 Å². The zero-order valence-electron chi connectivity index (χ0n) is 17.5. The van der Waals surface area contributed by atoms with Gasteiger partial charge in [-0.25, -0.2) is 0 Å². The first-order chi connectivity index (χ1) is 15.5. The maximum absolute atomic E-state index is 13.3. The number of aromatic nitrogens is 1. The Morgan fingerprint density at radius 3 is 2.31 bits per heavy atom. The topological polar surface area (TPSA) is 84.2 Å². The quantitative estimate of drug-likeness (QED) is 0.387. The third-order valence-corrected chi connectivity index (χ3v) is 5.34. The number of rotatable bonds is 5. The minimum Gasteiger partial charge on any atom is -0.360 e. The molecule has 7 heteroatoms. The van der Waals surface area contributed by atoms with E-state index in [9.17, 15) is 9.59 Å². The SMILES string of the molecule is Cc1cccc(NC(=O)c2c(-c3ccccc3Cl)noc2C)c1NC(=O)c1ccccc1. The van der Waals surface area contributed by atoms with E-state index in [4.69, 9.17) is 16.1 Å². The van der Waals surface area contributed by atoms with Crippen molar-refractivity contribution >= 4 is 34.8 Å². The molecule has 4 rings (SSSR count). The Labute approximate surface area is 190 Å². The van der Waals surface area contributed by atoms with Crippen molar-refractivity contribution in [3.05, 3.63) is 100 Å². The molecule has 0 bridgehead atoms. The number of nitrogens with one attached hydrogen (secondary N) is 2. The number of hydrogen-bond donors (Lipinski definition) is 2. The fourth-order valence-corrected chi connectivity index (χ4v) is 3.60. The molecule has 1 heterocycles. The average Bonchev–Trinajstić information content (AvgIpc) is 3.18. The second-order valence-electron chi connectivity index (χ2n) is 7.21. The molecule has 0 saturated heterocycles. The zero-order valence-corrected chi connectivity index (χ0v) is 18.2. The molecule has 0 fully saturated rings. The van der Waals surface area contributed by atoms with E-state index >= 15 is 0 Å². The van der Waals surface area contributed by atoms with Crippen molar-refractivity contribution in [1.82, 2.24) is 5.16 Å². The molecule has 0 aliphatic heterocycles. The summed E-state index contributed by atoms with van der Waals surface area (Å²) in [7, 11) is 0. The van der Waals surface area contributed by atoms with Gasteiger partial charge in [-0.15, -0.1) is 0 Å². The fraction of sp³-hybridized carbons (Fsp3) is 0.0800. The number of amides is 2. The van der Waals surface area contributed by atoms with Crippen molar-refractivity contribution in [1.29, 1.82) is 0 Å². The number of carbonyl (C=O) groups is 2. The lowest BCUT2D eigenvalue weighted by Crippen LogP contribution is -2.18. The van der Waals surface area contributed by atoms with Gasteiger partial charge in [0.15, 0.2) is 0 Å².